The molecular weight excluding hydrogens is 350 g/mol. The minimum Gasteiger partial charge on any atom is -0.392 e. The molecule has 0 aliphatic heterocycles. The second kappa shape index (κ2) is 11.1. The number of primary amides is 1. The lowest BCUT2D eigenvalue weighted by Gasteiger charge is -2.29. The number of hydrogen-bond donors (Lipinski definition) is 5. The third-order valence-electron chi connectivity index (χ3n) is 4.23. The van der Waals surface area contributed by atoms with Gasteiger partial charge < -0.3 is 32.1 Å². The van der Waals surface area contributed by atoms with E-state index in [-0.39, 0.29) is 18.4 Å². The Morgan fingerprint density at radius 2 is 1.85 bits per heavy atom. The van der Waals surface area contributed by atoms with E-state index in [9.17, 15) is 14.4 Å². The summed E-state index contributed by atoms with van der Waals surface area (Å²) in [5.41, 5.74) is 12.1. The van der Waals surface area contributed by atoms with Crippen molar-refractivity contribution in [3.63, 3.8) is 0 Å². The average Bonchev–Trinajstić information content (AvgIpc) is 2.66. The summed E-state index contributed by atoms with van der Waals surface area (Å²) in [4.78, 5) is 37.3. The number of aliphatic hydroxyl groups is 1. The van der Waals surface area contributed by atoms with Crippen LogP contribution in [-0.4, -0.2) is 53.5 Å². The monoisotopic (exact) mass is 379 g/mol. The predicted octanol–water partition coefficient (Wildman–Crippen LogP) is 0.130. The van der Waals surface area contributed by atoms with Crippen molar-refractivity contribution in [3.05, 3.63) is 29.8 Å². The number of amides is 4. The summed E-state index contributed by atoms with van der Waals surface area (Å²) in [5, 5.41) is 14.3. The number of rotatable bonds is 10. The number of likely N-dealkylation sites (N-methyl/N-ethyl adjacent to an activating group) is 1. The summed E-state index contributed by atoms with van der Waals surface area (Å²) in [6, 6.07) is 4.67. The molecule has 0 bridgehead atoms. The lowest BCUT2D eigenvalue weighted by atomic mass is 10.1. The molecule has 0 saturated heterocycles. The molecule has 4 amide bonds. The number of carbonyl (C=O) groups excluding carboxylic acids is 3. The molecule has 0 radical (unpaired) electrons. The number of nitrogens with zero attached hydrogens (tertiary/aromatic N) is 1. The van der Waals surface area contributed by atoms with Crippen LogP contribution in [0.4, 0.5) is 10.5 Å². The third kappa shape index (κ3) is 7.24. The van der Waals surface area contributed by atoms with Gasteiger partial charge in [-0.3, -0.25) is 9.59 Å². The highest BCUT2D eigenvalue weighted by molar-refractivity contribution is 5.97. The molecule has 0 saturated carbocycles. The standard InChI is InChI=1S/C18H29N5O4/c1-3-14(19)17(26)23(2)15(5-4-10-21-18(20)27)16(25)22-13-8-6-12(11-24)7-9-13/h6-9,14-15,24H,3-5,10-11,19H2,1-2H3,(H,22,25)(H3,20,21,27). The van der Waals surface area contributed by atoms with Crippen molar-refractivity contribution in [2.45, 2.75) is 44.9 Å². The van der Waals surface area contributed by atoms with Crippen LogP contribution in [-0.2, 0) is 16.2 Å². The Bertz CT molecular complexity index is 635. The predicted molar refractivity (Wildman–Crippen MR) is 103 cm³/mol. The minimum absolute atomic E-state index is 0.0874. The van der Waals surface area contributed by atoms with E-state index in [1.165, 1.54) is 4.90 Å². The van der Waals surface area contributed by atoms with Crippen LogP contribution < -0.4 is 22.1 Å². The van der Waals surface area contributed by atoms with Gasteiger partial charge in [0.1, 0.15) is 6.04 Å². The van der Waals surface area contributed by atoms with Crippen molar-refractivity contribution < 1.29 is 19.5 Å². The minimum atomic E-state index is -0.748. The number of urea groups is 1. The average molecular weight is 379 g/mol. The van der Waals surface area contributed by atoms with Gasteiger partial charge in [-0.05, 0) is 37.0 Å². The summed E-state index contributed by atoms with van der Waals surface area (Å²) >= 11 is 0. The van der Waals surface area contributed by atoms with Crippen molar-refractivity contribution >= 4 is 23.5 Å². The van der Waals surface area contributed by atoms with Gasteiger partial charge in [0.2, 0.25) is 11.8 Å². The molecule has 0 aliphatic rings. The van der Waals surface area contributed by atoms with Crippen molar-refractivity contribution in [1.29, 1.82) is 0 Å². The largest absolute Gasteiger partial charge is 0.392 e. The van der Waals surface area contributed by atoms with Gasteiger partial charge in [-0.1, -0.05) is 19.1 Å². The first kappa shape index (κ1) is 22.4. The van der Waals surface area contributed by atoms with E-state index < -0.39 is 18.1 Å². The molecule has 1 aromatic rings. The quantitative estimate of drug-likeness (QED) is 0.366. The Balaban J connectivity index is 2.84. The lowest BCUT2D eigenvalue weighted by molar-refractivity contribution is -0.138. The Labute approximate surface area is 159 Å². The molecule has 27 heavy (non-hydrogen) atoms. The fourth-order valence-electron chi connectivity index (χ4n) is 2.52. The molecule has 0 heterocycles. The Kier molecular flexibility index (Phi) is 9.24. The van der Waals surface area contributed by atoms with E-state index in [2.05, 4.69) is 10.6 Å². The maximum absolute atomic E-state index is 12.7. The first-order valence-electron chi connectivity index (χ1n) is 8.86. The van der Waals surface area contributed by atoms with Crippen LogP contribution in [0.25, 0.3) is 0 Å². The SMILES string of the molecule is CCC(N)C(=O)N(C)C(CCCNC(N)=O)C(=O)Nc1ccc(CO)cc1. The smallest absolute Gasteiger partial charge is 0.312 e. The van der Waals surface area contributed by atoms with Gasteiger partial charge in [0.25, 0.3) is 0 Å². The van der Waals surface area contributed by atoms with E-state index in [0.717, 1.165) is 5.56 Å². The summed E-state index contributed by atoms with van der Waals surface area (Å²) in [6.07, 6.45) is 1.26. The number of nitrogens with two attached hydrogens (primary N) is 2. The molecule has 1 aromatic carbocycles. The Morgan fingerprint density at radius 3 is 2.37 bits per heavy atom. The van der Waals surface area contributed by atoms with Gasteiger partial charge in [-0.15, -0.1) is 0 Å². The number of carbonyl (C=O) groups is 3. The van der Waals surface area contributed by atoms with E-state index in [4.69, 9.17) is 16.6 Å². The van der Waals surface area contributed by atoms with E-state index in [0.29, 0.717) is 31.5 Å². The highest BCUT2D eigenvalue weighted by Gasteiger charge is 2.29. The number of aliphatic hydroxyl groups excluding tert-OH is 1. The Morgan fingerprint density at radius 1 is 1.22 bits per heavy atom. The molecule has 9 heteroatoms. The highest BCUT2D eigenvalue weighted by Crippen LogP contribution is 2.14. The first-order valence-corrected chi connectivity index (χ1v) is 8.86. The zero-order chi connectivity index (χ0) is 20.4. The molecule has 0 fully saturated rings. The molecule has 150 valence electrons. The summed E-state index contributed by atoms with van der Waals surface area (Å²) < 4.78 is 0. The van der Waals surface area contributed by atoms with Crippen LogP contribution in [0, 0.1) is 0 Å². The molecule has 0 spiro atoms. The topological polar surface area (TPSA) is 151 Å². The van der Waals surface area contributed by atoms with E-state index in [1.54, 1.807) is 38.2 Å². The lowest BCUT2D eigenvalue weighted by Crippen LogP contribution is -2.51. The fourth-order valence-corrected chi connectivity index (χ4v) is 2.52. The maximum atomic E-state index is 12.7. The molecular formula is C18H29N5O4. The van der Waals surface area contributed by atoms with Crippen LogP contribution in [0.3, 0.4) is 0 Å². The molecule has 1 rings (SSSR count). The second-order valence-electron chi connectivity index (χ2n) is 6.26. The third-order valence-corrected chi connectivity index (χ3v) is 4.23. The zero-order valence-electron chi connectivity index (χ0n) is 15.8. The molecule has 7 N–H and O–H groups in total. The number of anilines is 1. The second-order valence-corrected chi connectivity index (χ2v) is 6.26. The number of benzene rings is 1. The number of hydrogen-bond acceptors (Lipinski definition) is 5. The van der Waals surface area contributed by atoms with Crippen molar-refractivity contribution in [1.82, 2.24) is 10.2 Å². The van der Waals surface area contributed by atoms with Crippen LogP contribution in [0.15, 0.2) is 24.3 Å². The zero-order valence-corrected chi connectivity index (χ0v) is 15.8. The molecule has 9 nitrogen and oxygen atoms in total. The van der Waals surface area contributed by atoms with Crippen molar-refractivity contribution in [3.8, 4) is 0 Å². The van der Waals surface area contributed by atoms with Gasteiger partial charge in [0.05, 0.1) is 12.6 Å². The van der Waals surface area contributed by atoms with Gasteiger partial charge >= 0.3 is 6.03 Å². The van der Waals surface area contributed by atoms with Crippen LogP contribution >= 0.6 is 0 Å². The molecule has 0 aromatic heterocycles. The van der Waals surface area contributed by atoms with Crippen LogP contribution in [0.1, 0.15) is 31.7 Å². The van der Waals surface area contributed by atoms with Gasteiger partial charge in [-0.2, -0.15) is 0 Å². The van der Waals surface area contributed by atoms with Gasteiger partial charge in [0.15, 0.2) is 0 Å². The van der Waals surface area contributed by atoms with Gasteiger partial charge in [0, 0.05) is 19.3 Å². The van der Waals surface area contributed by atoms with E-state index in [1.807, 2.05) is 0 Å². The van der Waals surface area contributed by atoms with Crippen molar-refractivity contribution in [2.24, 2.45) is 11.5 Å². The van der Waals surface area contributed by atoms with Gasteiger partial charge in [-0.25, -0.2) is 4.79 Å². The van der Waals surface area contributed by atoms with Crippen LogP contribution in [0.5, 0.6) is 0 Å². The molecule has 2 unspecified atom stereocenters. The highest BCUT2D eigenvalue weighted by atomic mass is 16.3. The van der Waals surface area contributed by atoms with Crippen LogP contribution in [0.2, 0.25) is 0 Å². The first-order chi connectivity index (χ1) is 12.8. The van der Waals surface area contributed by atoms with Crippen molar-refractivity contribution in [2.75, 3.05) is 18.9 Å². The summed E-state index contributed by atoms with van der Waals surface area (Å²) in [7, 11) is 1.54. The Hall–Kier alpha value is -2.65. The van der Waals surface area contributed by atoms with E-state index >= 15 is 0 Å². The maximum Gasteiger partial charge on any atom is 0.312 e. The summed E-state index contributed by atoms with van der Waals surface area (Å²) in [6.45, 7) is 2.01. The fraction of sp³-hybridized carbons (Fsp3) is 0.500. The number of nitrogens with one attached hydrogen (secondary N) is 2. The summed E-state index contributed by atoms with van der Waals surface area (Å²) in [5.74, 6) is -0.680. The molecule has 2 atom stereocenters. The normalized spacial score (nSPS) is 12.7. The molecule has 0 aliphatic carbocycles.